The Bertz CT molecular complexity index is 411. The molecular weight excluding hydrogens is 260 g/mol. The molecule has 0 heterocycles. The molecule has 2 rings (SSSR count). The lowest BCUT2D eigenvalue weighted by atomic mass is 10.4. The second kappa shape index (κ2) is 5.80. The minimum Gasteiger partial charge on any atom is -0.138 e. The maximum Gasteiger partial charge on any atom is 0.182 e. The predicted molar refractivity (Wildman–Crippen MR) is 82.1 cm³/mol. The smallest absolute Gasteiger partial charge is 0.138 e. The van der Waals surface area contributed by atoms with Crippen LogP contribution in [0.2, 0.25) is 13.1 Å². The zero-order valence-corrected chi connectivity index (χ0v) is 12.7. The van der Waals surface area contributed by atoms with E-state index in [2.05, 4.69) is 73.8 Å². The number of benzene rings is 2. The molecule has 0 radical (unpaired) electrons. The van der Waals surface area contributed by atoms with Crippen molar-refractivity contribution in [1.29, 1.82) is 0 Å². The van der Waals surface area contributed by atoms with Crippen LogP contribution in [0, 0.1) is 0 Å². The zero-order valence-electron chi connectivity index (χ0n) is 10.1. The summed E-state index contributed by atoms with van der Waals surface area (Å²) in [5.74, 6) is 0. The van der Waals surface area contributed by atoms with E-state index in [9.17, 15) is 0 Å². The first-order valence-electron chi connectivity index (χ1n) is 5.64. The minimum absolute atomic E-state index is 1.35. The van der Waals surface area contributed by atoms with Crippen molar-refractivity contribution in [1.82, 2.24) is 0 Å². The van der Waals surface area contributed by atoms with Crippen LogP contribution in [0.4, 0.5) is 0 Å². The molecule has 0 bridgehead atoms. The molecule has 0 nitrogen and oxygen atoms in total. The van der Waals surface area contributed by atoms with E-state index in [1.165, 1.54) is 9.79 Å². The second-order valence-electron chi connectivity index (χ2n) is 4.23. The normalized spacial score (nSPS) is 11.4. The molecule has 17 heavy (non-hydrogen) atoms. The summed E-state index contributed by atoms with van der Waals surface area (Å²) in [5, 5.41) is 0. The van der Waals surface area contributed by atoms with Crippen molar-refractivity contribution in [3.8, 4) is 0 Å². The van der Waals surface area contributed by atoms with Crippen molar-refractivity contribution >= 4 is 28.8 Å². The molecule has 0 fully saturated rings. The number of hydrogen-bond donors (Lipinski definition) is 0. The van der Waals surface area contributed by atoms with Crippen molar-refractivity contribution in [2.45, 2.75) is 22.9 Å². The van der Waals surface area contributed by atoms with Crippen LogP contribution < -0.4 is 0 Å². The lowest BCUT2D eigenvalue weighted by molar-refractivity contribution is 1.47. The topological polar surface area (TPSA) is 0 Å². The third-order valence-corrected chi connectivity index (χ3v) is 10.1. The summed E-state index contributed by atoms with van der Waals surface area (Å²) >= 11 is 4.09. The Labute approximate surface area is 112 Å². The molecule has 88 valence electrons. The van der Waals surface area contributed by atoms with E-state index < -0.39 is 6.37 Å². The summed E-state index contributed by atoms with van der Waals surface area (Å²) in [6.45, 7) is 4.81. The van der Waals surface area contributed by atoms with Crippen LogP contribution in [0.5, 0.6) is 0 Å². The largest absolute Gasteiger partial charge is 0.182 e. The van der Waals surface area contributed by atoms with Gasteiger partial charge in [-0.1, -0.05) is 49.5 Å². The summed E-state index contributed by atoms with van der Waals surface area (Å²) in [6.07, 6.45) is -1.35. The molecule has 0 atom stereocenters. The molecule has 0 aliphatic carbocycles. The maximum absolute atomic E-state index is 2.41. The first kappa shape index (κ1) is 12.8. The molecule has 0 aliphatic heterocycles. The highest BCUT2D eigenvalue weighted by Crippen LogP contribution is 2.41. The van der Waals surface area contributed by atoms with E-state index >= 15 is 0 Å². The van der Waals surface area contributed by atoms with Gasteiger partial charge in [0, 0.05) is 9.79 Å². The summed E-state index contributed by atoms with van der Waals surface area (Å²) in [6, 6.07) is 21.4. The van der Waals surface area contributed by atoms with Gasteiger partial charge in [-0.05, 0) is 24.3 Å². The van der Waals surface area contributed by atoms with Crippen LogP contribution in [0.25, 0.3) is 0 Å². The molecule has 0 N–H and O–H groups in total. The number of rotatable bonds is 4. The van der Waals surface area contributed by atoms with E-state index in [1.807, 2.05) is 22.4 Å². The van der Waals surface area contributed by atoms with Gasteiger partial charge in [-0.15, -0.1) is 22.4 Å². The van der Waals surface area contributed by atoms with Crippen LogP contribution in [0.1, 0.15) is 0 Å². The molecule has 0 aromatic heterocycles. The highest BCUT2D eigenvalue weighted by molar-refractivity contribution is 8.58. The molecule has 0 unspecified atom stereocenters. The van der Waals surface area contributed by atoms with Gasteiger partial charge in [0.15, 0.2) is 6.37 Å². The molecular formula is C14H16S2Si. The molecule has 2 aromatic carbocycles. The standard InChI is InChI=1S/C14H16S2Si/c1-17(2,15-13-9-5-3-6-10-13)16-14-11-7-4-8-12-14/h3-12H,1-2H3. The highest BCUT2D eigenvalue weighted by Gasteiger charge is 2.24. The number of hydrogen-bond acceptors (Lipinski definition) is 2. The lowest BCUT2D eigenvalue weighted by Crippen LogP contribution is -2.14. The van der Waals surface area contributed by atoms with E-state index in [0.29, 0.717) is 0 Å². The third kappa shape index (κ3) is 4.26. The lowest BCUT2D eigenvalue weighted by Gasteiger charge is -2.20. The summed E-state index contributed by atoms with van der Waals surface area (Å²) < 4.78 is 0. The molecule has 0 amide bonds. The molecule has 0 saturated heterocycles. The second-order valence-corrected chi connectivity index (χ2v) is 16.5. The molecule has 0 spiro atoms. The van der Waals surface area contributed by atoms with Gasteiger partial charge in [-0.25, -0.2) is 0 Å². The third-order valence-electron chi connectivity index (χ3n) is 2.21. The maximum atomic E-state index is 2.41. The average molecular weight is 277 g/mol. The van der Waals surface area contributed by atoms with Crippen molar-refractivity contribution in [3.63, 3.8) is 0 Å². The van der Waals surface area contributed by atoms with Crippen LogP contribution in [-0.4, -0.2) is 6.37 Å². The highest BCUT2D eigenvalue weighted by atomic mass is 32.6. The van der Waals surface area contributed by atoms with Crippen molar-refractivity contribution in [2.24, 2.45) is 0 Å². The van der Waals surface area contributed by atoms with Gasteiger partial charge in [-0.3, -0.25) is 0 Å². The summed E-state index contributed by atoms with van der Waals surface area (Å²) in [4.78, 5) is 2.76. The van der Waals surface area contributed by atoms with Gasteiger partial charge in [0.05, 0.1) is 0 Å². The van der Waals surface area contributed by atoms with E-state index in [0.717, 1.165) is 0 Å². The van der Waals surface area contributed by atoms with E-state index in [1.54, 1.807) is 0 Å². The Kier molecular flexibility index (Phi) is 4.37. The van der Waals surface area contributed by atoms with Crippen LogP contribution in [-0.2, 0) is 0 Å². The Hall–Kier alpha value is -0.643. The van der Waals surface area contributed by atoms with Gasteiger partial charge < -0.3 is 0 Å². The van der Waals surface area contributed by atoms with Crippen molar-refractivity contribution in [2.75, 3.05) is 0 Å². The van der Waals surface area contributed by atoms with E-state index in [4.69, 9.17) is 0 Å². The summed E-state index contributed by atoms with van der Waals surface area (Å²) in [7, 11) is 0. The Balaban J connectivity index is 2.04. The fourth-order valence-electron chi connectivity index (χ4n) is 1.57. The molecule has 0 saturated carbocycles. The quantitative estimate of drug-likeness (QED) is 0.697. The monoisotopic (exact) mass is 276 g/mol. The zero-order chi connectivity index (χ0) is 12.1. The van der Waals surface area contributed by atoms with Gasteiger partial charge in [0.25, 0.3) is 0 Å². The molecule has 0 aliphatic rings. The average Bonchev–Trinajstić information content (AvgIpc) is 2.30. The van der Waals surface area contributed by atoms with Gasteiger partial charge in [0.1, 0.15) is 0 Å². The fourth-order valence-corrected chi connectivity index (χ4v) is 9.78. The van der Waals surface area contributed by atoms with Crippen molar-refractivity contribution in [3.05, 3.63) is 60.7 Å². The SMILES string of the molecule is C[Si](C)(Sc1ccccc1)Sc1ccccc1. The molecule has 2 aromatic rings. The van der Waals surface area contributed by atoms with Gasteiger partial charge >= 0.3 is 0 Å². The molecule has 3 heteroatoms. The fraction of sp³-hybridized carbons (Fsp3) is 0.143. The summed E-state index contributed by atoms with van der Waals surface area (Å²) in [5.41, 5.74) is 0. The van der Waals surface area contributed by atoms with Crippen LogP contribution >= 0.6 is 22.4 Å². The Morgan fingerprint density at radius 1 is 0.647 bits per heavy atom. The first-order chi connectivity index (χ1) is 8.16. The predicted octanol–water partition coefficient (Wildman–Crippen LogP) is 5.27. The van der Waals surface area contributed by atoms with Gasteiger partial charge in [0.2, 0.25) is 0 Å². The first-order valence-corrected chi connectivity index (χ1v) is 11.7. The van der Waals surface area contributed by atoms with Crippen molar-refractivity contribution < 1.29 is 0 Å². The minimum atomic E-state index is -1.35. The van der Waals surface area contributed by atoms with E-state index in [-0.39, 0.29) is 0 Å². The Morgan fingerprint density at radius 3 is 1.35 bits per heavy atom. The van der Waals surface area contributed by atoms with Crippen LogP contribution in [0.15, 0.2) is 70.5 Å². The Morgan fingerprint density at radius 2 is 1.00 bits per heavy atom. The van der Waals surface area contributed by atoms with Gasteiger partial charge in [-0.2, -0.15) is 0 Å². The van der Waals surface area contributed by atoms with Crippen LogP contribution in [0.3, 0.4) is 0 Å².